The number of benzene rings is 3. The lowest BCUT2D eigenvalue weighted by Crippen LogP contribution is -2.66. The highest BCUT2D eigenvalue weighted by molar-refractivity contribution is 6.99. The second kappa shape index (κ2) is 8.54. The van der Waals surface area contributed by atoms with Gasteiger partial charge < -0.3 is 4.43 Å². The van der Waals surface area contributed by atoms with Crippen LogP contribution >= 0.6 is 0 Å². The smallest absolute Gasteiger partial charge is 0.272 e. The summed E-state index contributed by atoms with van der Waals surface area (Å²) in [6, 6.07) is 24.3. The fraction of sp³-hybridized carbons (Fsp3) is 0.280. The molecule has 0 spiro atoms. The van der Waals surface area contributed by atoms with Crippen LogP contribution in [0.2, 0.25) is 5.04 Å². The first kappa shape index (κ1) is 21.9. The molecule has 0 atom stereocenters. The van der Waals surface area contributed by atoms with E-state index in [4.69, 9.17) is 4.43 Å². The molecule has 0 aliphatic heterocycles. The zero-order chi connectivity index (χ0) is 21.9. The van der Waals surface area contributed by atoms with E-state index in [1.165, 1.54) is 10.4 Å². The minimum atomic E-state index is -2.69. The molecule has 0 amide bonds. The number of nitro groups is 1. The van der Waals surface area contributed by atoms with Crippen LogP contribution in [0.3, 0.4) is 0 Å². The molecule has 0 saturated carbocycles. The fourth-order valence-corrected chi connectivity index (χ4v) is 8.76. The van der Waals surface area contributed by atoms with Crippen molar-refractivity contribution in [1.82, 2.24) is 0 Å². The highest BCUT2D eigenvalue weighted by Crippen LogP contribution is 2.38. The molecular weight excluding hydrogens is 390 g/mol. The Labute approximate surface area is 179 Å². The van der Waals surface area contributed by atoms with E-state index >= 15 is 0 Å². The summed E-state index contributed by atoms with van der Waals surface area (Å²) in [7, 11) is -2.69. The van der Waals surface area contributed by atoms with Crippen LogP contribution in [0, 0.1) is 24.0 Å². The number of hydrogen-bond acceptors (Lipinski definition) is 3. The van der Waals surface area contributed by atoms with Crippen LogP contribution < -0.4 is 10.4 Å². The molecule has 156 valence electrons. The Bertz CT molecular complexity index is 988. The third kappa shape index (κ3) is 3.95. The third-order valence-corrected chi connectivity index (χ3v) is 10.8. The minimum Gasteiger partial charge on any atom is -0.403 e. The lowest BCUT2D eigenvalue weighted by atomic mass is 10.0. The van der Waals surface area contributed by atoms with Gasteiger partial charge in [0.1, 0.15) is 0 Å². The molecule has 0 bridgehead atoms. The van der Waals surface area contributed by atoms with Gasteiger partial charge in [0.15, 0.2) is 0 Å². The molecular formula is C25H29NO3Si. The van der Waals surface area contributed by atoms with Gasteiger partial charge in [-0.05, 0) is 40.4 Å². The molecule has 0 saturated heterocycles. The predicted molar refractivity (Wildman–Crippen MR) is 125 cm³/mol. The van der Waals surface area contributed by atoms with Crippen LogP contribution in [0.4, 0.5) is 5.69 Å². The summed E-state index contributed by atoms with van der Waals surface area (Å²) in [6.45, 7) is 10.8. The summed E-state index contributed by atoms with van der Waals surface area (Å²) in [5.41, 5.74) is 2.73. The lowest BCUT2D eigenvalue weighted by Gasteiger charge is -2.43. The van der Waals surface area contributed by atoms with Crippen molar-refractivity contribution in [3.05, 3.63) is 99.6 Å². The monoisotopic (exact) mass is 419 g/mol. The molecule has 30 heavy (non-hydrogen) atoms. The van der Waals surface area contributed by atoms with E-state index in [2.05, 4.69) is 69.3 Å². The van der Waals surface area contributed by atoms with E-state index in [9.17, 15) is 10.1 Å². The first-order valence-electron chi connectivity index (χ1n) is 10.2. The van der Waals surface area contributed by atoms with Crippen molar-refractivity contribution in [3.8, 4) is 0 Å². The number of nitro benzene ring substituents is 1. The second-order valence-electron chi connectivity index (χ2n) is 8.71. The maximum Gasteiger partial charge on any atom is 0.272 e. The molecule has 0 fully saturated rings. The van der Waals surface area contributed by atoms with E-state index in [1.807, 2.05) is 32.0 Å². The van der Waals surface area contributed by atoms with Gasteiger partial charge >= 0.3 is 0 Å². The van der Waals surface area contributed by atoms with Crippen LogP contribution in [0.5, 0.6) is 0 Å². The molecule has 0 heterocycles. The Kier molecular flexibility index (Phi) is 6.24. The largest absolute Gasteiger partial charge is 0.403 e. The number of hydrogen-bond donors (Lipinski definition) is 0. The molecule has 0 N–H and O–H groups in total. The van der Waals surface area contributed by atoms with Crippen molar-refractivity contribution in [2.45, 2.75) is 46.3 Å². The van der Waals surface area contributed by atoms with Gasteiger partial charge in [0.25, 0.3) is 14.0 Å². The second-order valence-corrected chi connectivity index (χ2v) is 13.0. The molecule has 5 heteroatoms. The first-order chi connectivity index (χ1) is 14.2. The van der Waals surface area contributed by atoms with Crippen molar-refractivity contribution in [3.63, 3.8) is 0 Å². The summed E-state index contributed by atoms with van der Waals surface area (Å²) in [6.07, 6.45) is 0. The SMILES string of the molecule is Cc1ccc([N+](=O)[O-])c(C)c1CO[Si](c1ccccc1)(c1ccccc1)C(C)(C)C. The molecule has 0 aromatic heterocycles. The van der Waals surface area contributed by atoms with Gasteiger partial charge in [-0.25, -0.2) is 0 Å². The fourth-order valence-electron chi connectivity index (χ4n) is 4.24. The van der Waals surface area contributed by atoms with Gasteiger partial charge in [-0.3, -0.25) is 10.1 Å². The Morgan fingerprint density at radius 2 is 1.37 bits per heavy atom. The maximum absolute atomic E-state index is 11.5. The summed E-state index contributed by atoms with van der Waals surface area (Å²) in [5, 5.41) is 13.7. The highest BCUT2D eigenvalue weighted by Gasteiger charge is 2.50. The van der Waals surface area contributed by atoms with Crippen LogP contribution in [0.1, 0.15) is 37.5 Å². The predicted octanol–water partition coefficient (Wildman–Crippen LogP) is 5.29. The van der Waals surface area contributed by atoms with E-state index in [-0.39, 0.29) is 15.6 Å². The van der Waals surface area contributed by atoms with Gasteiger partial charge in [0.2, 0.25) is 0 Å². The summed E-state index contributed by atoms with van der Waals surface area (Å²) < 4.78 is 6.97. The third-order valence-electron chi connectivity index (χ3n) is 5.85. The topological polar surface area (TPSA) is 52.4 Å². The molecule has 0 aliphatic rings. The van der Waals surface area contributed by atoms with Crippen molar-refractivity contribution < 1.29 is 9.35 Å². The van der Waals surface area contributed by atoms with Crippen molar-refractivity contribution in [2.75, 3.05) is 0 Å². The first-order valence-corrected chi connectivity index (χ1v) is 12.1. The Hall–Kier alpha value is -2.76. The standard InChI is InChI=1S/C25H29NO3Si/c1-19-16-17-24(26(27)28)20(2)23(19)18-29-30(25(3,4)5,21-12-8-6-9-13-21)22-14-10-7-11-15-22/h6-17H,18H2,1-5H3. The number of nitrogens with zero attached hydrogens (tertiary/aromatic N) is 1. The van der Waals surface area contributed by atoms with Gasteiger partial charge in [0.05, 0.1) is 11.5 Å². The highest BCUT2D eigenvalue weighted by atomic mass is 28.4. The van der Waals surface area contributed by atoms with E-state index in [0.717, 1.165) is 11.1 Å². The van der Waals surface area contributed by atoms with Crippen LogP contribution in [-0.4, -0.2) is 13.2 Å². The molecule has 0 unspecified atom stereocenters. The van der Waals surface area contributed by atoms with Crippen LogP contribution in [0.15, 0.2) is 72.8 Å². The molecule has 4 nitrogen and oxygen atoms in total. The lowest BCUT2D eigenvalue weighted by molar-refractivity contribution is -0.385. The van der Waals surface area contributed by atoms with Crippen LogP contribution in [-0.2, 0) is 11.0 Å². The average Bonchev–Trinajstić information content (AvgIpc) is 2.71. The molecule has 3 aromatic rings. The van der Waals surface area contributed by atoms with Gasteiger partial charge in [0, 0.05) is 11.6 Å². The van der Waals surface area contributed by atoms with Crippen molar-refractivity contribution in [1.29, 1.82) is 0 Å². The normalized spacial score (nSPS) is 12.0. The Morgan fingerprint density at radius 3 is 1.80 bits per heavy atom. The Balaban J connectivity index is 2.16. The van der Waals surface area contributed by atoms with Crippen LogP contribution in [0.25, 0.3) is 0 Å². The summed E-state index contributed by atoms with van der Waals surface area (Å²) in [5.74, 6) is 0. The zero-order valence-corrected chi connectivity index (χ0v) is 19.3. The summed E-state index contributed by atoms with van der Waals surface area (Å²) >= 11 is 0. The molecule has 0 aliphatic carbocycles. The number of rotatable bonds is 6. The Morgan fingerprint density at radius 1 is 0.867 bits per heavy atom. The summed E-state index contributed by atoms with van der Waals surface area (Å²) in [4.78, 5) is 11.1. The van der Waals surface area contributed by atoms with E-state index in [1.54, 1.807) is 6.07 Å². The molecule has 0 radical (unpaired) electrons. The van der Waals surface area contributed by atoms with Gasteiger partial charge in [-0.2, -0.15) is 0 Å². The van der Waals surface area contributed by atoms with Crippen molar-refractivity contribution in [2.24, 2.45) is 0 Å². The van der Waals surface area contributed by atoms with Crippen molar-refractivity contribution >= 4 is 24.4 Å². The van der Waals surface area contributed by atoms with E-state index < -0.39 is 8.32 Å². The average molecular weight is 420 g/mol. The quantitative estimate of drug-likeness (QED) is 0.310. The zero-order valence-electron chi connectivity index (χ0n) is 18.3. The minimum absolute atomic E-state index is 0.140. The number of aryl methyl sites for hydroxylation is 1. The van der Waals surface area contributed by atoms with E-state index in [0.29, 0.717) is 12.2 Å². The van der Waals surface area contributed by atoms with Gasteiger partial charge in [-0.15, -0.1) is 0 Å². The molecule has 3 aromatic carbocycles. The molecule has 3 rings (SSSR count). The maximum atomic E-state index is 11.5. The van der Waals surface area contributed by atoms with Gasteiger partial charge in [-0.1, -0.05) is 87.5 Å².